The molecule has 1 aliphatic rings. The molecule has 1 fully saturated rings. The number of para-hydroxylation sites is 1. The van der Waals surface area contributed by atoms with Gasteiger partial charge in [-0.25, -0.2) is 0 Å². The summed E-state index contributed by atoms with van der Waals surface area (Å²) in [6.45, 7) is 0. The summed E-state index contributed by atoms with van der Waals surface area (Å²) < 4.78 is 0.964. The Bertz CT molecular complexity index is 1310. The molecule has 1 aliphatic heterocycles. The second-order valence-electron chi connectivity index (χ2n) is 7.36. The van der Waals surface area contributed by atoms with Crippen LogP contribution in [0, 0.1) is 5.92 Å². The summed E-state index contributed by atoms with van der Waals surface area (Å²) in [6.07, 6.45) is 0. The number of benzene rings is 3. The third-order valence-corrected chi connectivity index (χ3v) is 6.80. The molecular formula is C25H16ClNO3S. The van der Waals surface area contributed by atoms with Crippen molar-refractivity contribution in [2.24, 2.45) is 5.92 Å². The van der Waals surface area contributed by atoms with Gasteiger partial charge in [-0.05, 0) is 35.9 Å². The van der Waals surface area contributed by atoms with E-state index in [1.165, 1.54) is 16.2 Å². The highest BCUT2D eigenvalue weighted by atomic mass is 35.5. The number of thiophene rings is 1. The minimum atomic E-state index is -1.13. The smallest absolute Gasteiger partial charge is 0.295 e. The van der Waals surface area contributed by atoms with Crippen molar-refractivity contribution in [3.05, 3.63) is 100 Å². The normalized spacial score (nSPS) is 18.7. The molecule has 0 N–H and O–H groups in total. The number of nitrogens with zero attached hydrogens (tertiary/aromatic N) is 1. The molecule has 1 saturated heterocycles. The number of amides is 1. The van der Waals surface area contributed by atoms with Crippen molar-refractivity contribution >= 4 is 56.2 Å². The molecule has 31 heavy (non-hydrogen) atoms. The Balaban J connectivity index is 1.67. The molecule has 2 heterocycles. The molecule has 3 aromatic carbocycles. The van der Waals surface area contributed by atoms with Crippen LogP contribution in [0.25, 0.3) is 10.1 Å². The van der Waals surface area contributed by atoms with Gasteiger partial charge in [0.1, 0.15) is 5.92 Å². The minimum absolute atomic E-state index is 0.339. The number of hydrogen-bond donors (Lipinski definition) is 0. The van der Waals surface area contributed by atoms with Gasteiger partial charge in [-0.1, -0.05) is 60.1 Å². The van der Waals surface area contributed by atoms with Gasteiger partial charge in [0.2, 0.25) is 5.78 Å². The second kappa shape index (κ2) is 7.76. The van der Waals surface area contributed by atoms with Gasteiger partial charge in [0.05, 0.1) is 6.04 Å². The first-order valence-corrected chi connectivity index (χ1v) is 11.0. The molecule has 0 saturated carbocycles. The van der Waals surface area contributed by atoms with Crippen molar-refractivity contribution in [1.82, 2.24) is 0 Å². The lowest BCUT2D eigenvalue weighted by Gasteiger charge is -2.27. The van der Waals surface area contributed by atoms with Crippen LogP contribution in [0.5, 0.6) is 0 Å². The highest BCUT2D eigenvalue weighted by Crippen LogP contribution is 2.42. The summed E-state index contributed by atoms with van der Waals surface area (Å²) >= 11 is 7.51. The number of hydrogen-bond acceptors (Lipinski definition) is 4. The fourth-order valence-corrected chi connectivity index (χ4v) is 5.21. The van der Waals surface area contributed by atoms with E-state index >= 15 is 0 Å². The summed E-state index contributed by atoms with van der Waals surface area (Å²) in [6, 6.07) is 22.7. The molecule has 5 rings (SSSR count). The van der Waals surface area contributed by atoms with Gasteiger partial charge in [0.15, 0.2) is 5.78 Å². The topological polar surface area (TPSA) is 54.5 Å². The molecule has 2 atom stereocenters. The van der Waals surface area contributed by atoms with Gasteiger partial charge in [0.25, 0.3) is 5.91 Å². The average molecular weight is 446 g/mol. The predicted octanol–water partition coefficient (Wildman–Crippen LogP) is 5.71. The highest BCUT2D eigenvalue weighted by Gasteiger charge is 2.52. The lowest BCUT2D eigenvalue weighted by atomic mass is 9.86. The molecule has 4 nitrogen and oxygen atoms in total. The molecule has 2 unspecified atom stereocenters. The number of anilines is 1. The zero-order valence-corrected chi connectivity index (χ0v) is 17.8. The maximum Gasteiger partial charge on any atom is 0.295 e. The van der Waals surface area contributed by atoms with Crippen molar-refractivity contribution in [1.29, 1.82) is 0 Å². The van der Waals surface area contributed by atoms with E-state index in [9.17, 15) is 14.4 Å². The van der Waals surface area contributed by atoms with Crippen molar-refractivity contribution in [3.8, 4) is 0 Å². The maximum atomic E-state index is 13.7. The van der Waals surface area contributed by atoms with E-state index in [1.807, 2.05) is 30.3 Å². The molecule has 1 aromatic heterocycles. The van der Waals surface area contributed by atoms with Gasteiger partial charge in [-0.15, -0.1) is 11.3 Å². The third-order valence-electron chi connectivity index (χ3n) is 5.58. The molecule has 6 heteroatoms. The third kappa shape index (κ3) is 3.26. The van der Waals surface area contributed by atoms with Gasteiger partial charge < -0.3 is 0 Å². The predicted molar refractivity (Wildman–Crippen MR) is 123 cm³/mol. The summed E-state index contributed by atoms with van der Waals surface area (Å²) in [7, 11) is 0. The first kappa shape index (κ1) is 19.7. The molecule has 0 bridgehead atoms. The quantitative estimate of drug-likeness (QED) is 0.229. The van der Waals surface area contributed by atoms with Crippen molar-refractivity contribution in [2.75, 3.05) is 4.90 Å². The monoisotopic (exact) mass is 445 g/mol. The first-order valence-electron chi connectivity index (χ1n) is 9.74. The molecule has 4 aromatic rings. The number of ketones is 2. The van der Waals surface area contributed by atoms with E-state index in [2.05, 4.69) is 0 Å². The van der Waals surface area contributed by atoms with Crippen molar-refractivity contribution < 1.29 is 14.4 Å². The Kier molecular flexibility index (Phi) is 4.93. The number of Topliss-reactive ketones (excluding diaryl/α,β-unsaturated/α-hetero) is 2. The zero-order chi connectivity index (χ0) is 21.5. The van der Waals surface area contributed by atoms with Crippen LogP contribution in [0.15, 0.2) is 84.2 Å². The molecule has 0 aliphatic carbocycles. The standard InChI is InChI=1S/C25H16ClNO3S/c26-16-12-10-15(11-13-16)22-21(23(28)19-14-31-20-9-5-4-8-18(19)20)24(29)25(30)27(22)17-6-2-1-3-7-17/h1-14,21-22H. The van der Waals surface area contributed by atoms with E-state index in [-0.39, 0.29) is 5.78 Å². The van der Waals surface area contributed by atoms with E-state index < -0.39 is 23.7 Å². The zero-order valence-electron chi connectivity index (χ0n) is 16.2. The minimum Gasteiger partial charge on any atom is -0.297 e. The molecule has 0 radical (unpaired) electrons. The summed E-state index contributed by atoms with van der Waals surface area (Å²) in [5, 5.41) is 3.11. The average Bonchev–Trinajstić information content (AvgIpc) is 3.34. The van der Waals surface area contributed by atoms with Crippen LogP contribution in [0.2, 0.25) is 5.02 Å². The van der Waals surface area contributed by atoms with Crippen LogP contribution in [0.3, 0.4) is 0 Å². The van der Waals surface area contributed by atoms with Gasteiger partial charge in [0, 0.05) is 31.7 Å². The van der Waals surface area contributed by atoms with Crippen molar-refractivity contribution in [3.63, 3.8) is 0 Å². The molecule has 1 amide bonds. The summed E-state index contributed by atoms with van der Waals surface area (Å²) in [5.41, 5.74) is 1.73. The number of fused-ring (bicyclic) bond motifs is 1. The Morgan fingerprint density at radius 1 is 0.871 bits per heavy atom. The molecule has 152 valence electrons. The Hall–Kier alpha value is -3.28. The Labute approximate surface area is 187 Å². The van der Waals surface area contributed by atoms with Crippen LogP contribution in [0.1, 0.15) is 22.0 Å². The van der Waals surface area contributed by atoms with Crippen LogP contribution in [-0.4, -0.2) is 17.5 Å². The van der Waals surface area contributed by atoms with Crippen molar-refractivity contribution in [2.45, 2.75) is 6.04 Å². The van der Waals surface area contributed by atoms with Gasteiger partial charge in [-0.3, -0.25) is 19.3 Å². The van der Waals surface area contributed by atoms with Gasteiger partial charge >= 0.3 is 0 Å². The fourth-order valence-electron chi connectivity index (χ4n) is 4.14. The second-order valence-corrected chi connectivity index (χ2v) is 8.71. The van der Waals surface area contributed by atoms with Gasteiger partial charge in [-0.2, -0.15) is 0 Å². The lowest BCUT2D eigenvalue weighted by Crippen LogP contribution is -2.30. The van der Waals surface area contributed by atoms with E-state index in [0.29, 0.717) is 21.8 Å². The SMILES string of the molecule is O=C1C(=O)N(c2ccccc2)C(c2ccc(Cl)cc2)C1C(=O)c1csc2ccccc12. The maximum absolute atomic E-state index is 13.7. The molecule has 0 spiro atoms. The number of halogens is 1. The number of carbonyl (C=O) groups is 3. The van der Waals surface area contributed by atoms with E-state index in [4.69, 9.17) is 11.6 Å². The summed E-state index contributed by atoms with van der Waals surface area (Å²) in [4.78, 5) is 41.4. The highest BCUT2D eigenvalue weighted by molar-refractivity contribution is 7.17. The Morgan fingerprint density at radius 2 is 1.55 bits per heavy atom. The first-order chi connectivity index (χ1) is 15.1. The largest absolute Gasteiger partial charge is 0.297 e. The van der Waals surface area contributed by atoms with Crippen LogP contribution < -0.4 is 4.90 Å². The Morgan fingerprint density at radius 3 is 2.29 bits per heavy atom. The fraction of sp³-hybridized carbons (Fsp3) is 0.0800. The number of carbonyl (C=O) groups excluding carboxylic acids is 3. The number of rotatable bonds is 4. The lowest BCUT2D eigenvalue weighted by molar-refractivity contribution is -0.135. The van der Waals surface area contributed by atoms with E-state index in [0.717, 1.165) is 10.1 Å². The summed E-state index contributed by atoms with van der Waals surface area (Å²) in [5.74, 6) is -2.84. The van der Waals surface area contributed by atoms with Crippen LogP contribution in [0.4, 0.5) is 5.69 Å². The van der Waals surface area contributed by atoms with Crippen LogP contribution in [-0.2, 0) is 9.59 Å². The van der Waals surface area contributed by atoms with Crippen LogP contribution >= 0.6 is 22.9 Å². The molecular weight excluding hydrogens is 430 g/mol. The van der Waals surface area contributed by atoms with E-state index in [1.54, 1.807) is 53.9 Å².